The molecule has 4 heterocycles. The molecule has 0 radical (unpaired) electrons. The van der Waals surface area contributed by atoms with Crippen LogP contribution in [0.2, 0.25) is 0 Å². The lowest BCUT2D eigenvalue weighted by molar-refractivity contribution is -0.131. The molecule has 2 fully saturated rings. The van der Waals surface area contributed by atoms with Gasteiger partial charge in [0.25, 0.3) is 5.91 Å². The van der Waals surface area contributed by atoms with E-state index in [2.05, 4.69) is 21.5 Å². The van der Waals surface area contributed by atoms with Crippen molar-refractivity contribution >= 4 is 34.1 Å². The van der Waals surface area contributed by atoms with Crippen LogP contribution in [0.4, 0.5) is 0 Å². The zero-order chi connectivity index (χ0) is 22.6. The summed E-state index contributed by atoms with van der Waals surface area (Å²) in [4.78, 5) is 35.4. The lowest BCUT2D eigenvalue weighted by Crippen LogP contribution is -2.42. The van der Waals surface area contributed by atoms with Crippen LogP contribution in [-0.2, 0) is 11.2 Å². The Balaban J connectivity index is 1.14. The summed E-state index contributed by atoms with van der Waals surface area (Å²) in [6.45, 7) is 3.29. The molecular weight excluding hydrogens is 434 g/mol. The predicted octanol–water partition coefficient (Wildman–Crippen LogP) is 4.09. The summed E-state index contributed by atoms with van der Waals surface area (Å²) >= 11 is 1.57. The maximum Gasteiger partial charge on any atom is 0.285 e. The van der Waals surface area contributed by atoms with E-state index in [0.717, 1.165) is 73.3 Å². The van der Waals surface area contributed by atoms with Gasteiger partial charge in [0.1, 0.15) is 5.69 Å². The highest BCUT2D eigenvalue weighted by Crippen LogP contribution is 2.31. The summed E-state index contributed by atoms with van der Waals surface area (Å²) < 4.78 is 0. The highest BCUT2D eigenvalue weighted by Gasteiger charge is 2.27. The molecule has 2 aliphatic heterocycles. The molecule has 3 aromatic rings. The second-order valence-corrected chi connectivity index (χ2v) is 9.99. The first-order valence-electron chi connectivity index (χ1n) is 12.0. The number of rotatable bonds is 5. The fourth-order valence-corrected chi connectivity index (χ4v) is 5.86. The highest BCUT2D eigenvalue weighted by molar-refractivity contribution is 7.09. The van der Waals surface area contributed by atoms with Crippen molar-refractivity contribution in [1.82, 2.24) is 25.3 Å². The Morgan fingerprint density at radius 3 is 2.61 bits per heavy atom. The molecule has 0 aliphatic carbocycles. The number of piperidine rings is 1. The van der Waals surface area contributed by atoms with E-state index in [9.17, 15) is 9.59 Å². The van der Waals surface area contributed by atoms with Crippen molar-refractivity contribution in [2.75, 3.05) is 26.2 Å². The number of aromatic amines is 1. The molecule has 5 rings (SSSR count). The molecule has 7 nitrogen and oxygen atoms in total. The number of likely N-dealkylation sites (tertiary alicyclic amines) is 1. The van der Waals surface area contributed by atoms with Crippen LogP contribution < -0.4 is 5.43 Å². The summed E-state index contributed by atoms with van der Waals surface area (Å²) in [6, 6.07) is 8.10. The van der Waals surface area contributed by atoms with Crippen molar-refractivity contribution < 1.29 is 9.59 Å². The molecule has 1 aromatic carbocycles. The average molecular weight is 466 g/mol. The predicted molar refractivity (Wildman–Crippen MR) is 130 cm³/mol. The van der Waals surface area contributed by atoms with E-state index in [0.29, 0.717) is 18.0 Å². The fourth-order valence-electron chi connectivity index (χ4n) is 4.89. The van der Waals surface area contributed by atoms with Gasteiger partial charge < -0.3 is 9.88 Å². The number of hydrazine groups is 1. The summed E-state index contributed by atoms with van der Waals surface area (Å²) in [5.41, 5.74) is 5.66. The minimum Gasteiger partial charge on any atom is -0.361 e. The molecule has 0 unspecified atom stereocenters. The summed E-state index contributed by atoms with van der Waals surface area (Å²) in [6.07, 6.45) is 8.86. The van der Waals surface area contributed by atoms with E-state index in [1.54, 1.807) is 11.3 Å². The van der Waals surface area contributed by atoms with E-state index in [-0.39, 0.29) is 11.8 Å². The number of carbonyl (C=O) groups excluding carboxylic acids is 2. The number of benzene rings is 1. The number of para-hydroxylation sites is 1. The number of fused-ring (bicyclic) bond motifs is 1. The van der Waals surface area contributed by atoms with Gasteiger partial charge in [-0.05, 0) is 37.3 Å². The number of carbonyl (C=O) groups is 2. The van der Waals surface area contributed by atoms with Crippen molar-refractivity contribution in [2.45, 2.75) is 50.9 Å². The van der Waals surface area contributed by atoms with Gasteiger partial charge in [-0.2, -0.15) is 0 Å². The van der Waals surface area contributed by atoms with Crippen LogP contribution in [0.5, 0.6) is 0 Å². The smallest absolute Gasteiger partial charge is 0.285 e. The van der Waals surface area contributed by atoms with Crippen LogP contribution >= 0.6 is 11.3 Å². The van der Waals surface area contributed by atoms with Crippen LogP contribution in [0.15, 0.2) is 35.8 Å². The number of H-pyrrole nitrogens is 1. The van der Waals surface area contributed by atoms with E-state index in [4.69, 9.17) is 0 Å². The lowest BCUT2D eigenvalue weighted by atomic mass is 9.97. The number of nitrogens with one attached hydrogen (secondary N) is 2. The fraction of sp³-hybridized carbons (Fsp3) is 0.480. The Hall–Kier alpha value is -2.71. The number of hydrogen-bond acceptors (Lipinski definition) is 5. The number of aromatic nitrogens is 2. The SMILES string of the molecule is O=C(NN1CCCCCC1)c1csc(C2CCN(C(=O)Cc3c[nH]c4ccccc34)CC2)n1. The largest absolute Gasteiger partial charge is 0.361 e. The van der Waals surface area contributed by atoms with Gasteiger partial charge in [-0.3, -0.25) is 15.0 Å². The van der Waals surface area contributed by atoms with Gasteiger partial charge in [0.2, 0.25) is 5.91 Å². The minimum absolute atomic E-state index is 0.106. The quantitative estimate of drug-likeness (QED) is 0.595. The molecule has 2 N–H and O–H groups in total. The zero-order valence-corrected chi connectivity index (χ0v) is 19.7. The Labute approximate surface area is 198 Å². The van der Waals surface area contributed by atoms with Crippen LogP contribution in [0.25, 0.3) is 10.9 Å². The van der Waals surface area contributed by atoms with E-state index >= 15 is 0 Å². The average Bonchev–Trinajstić information content (AvgIpc) is 3.41. The number of thiazole rings is 1. The first-order chi connectivity index (χ1) is 16.2. The number of hydrogen-bond donors (Lipinski definition) is 2. The Kier molecular flexibility index (Phi) is 6.73. The second kappa shape index (κ2) is 10.1. The second-order valence-electron chi connectivity index (χ2n) is 9.10. The van der Waals surface area contributed by atoms with Gasteiger partial charge in [0.15, 0.2) is 0 Å². The van der Waals surface area contributed by atoms with Gasteiger partial charge in [-0.15, -0.1) is 11.3 Å². The normalized spacial score (nSPS) is 18.4. The Morgan fingerprint density at radius 1 is 1.06 bits per heavy atom. The summed E-state index contributed by atoms with van der Waals surface area (Å²) in [5.74, 6) is 0.382. The lowest BCUT2D eigenvalue weighted by Gasteiger charge is -2.31. The van der Waals surface area contributed by atoms with Crippen molar-refractivity contribution in [3.8, 4) is 0 Å². The highest BCUT2D eigenvalue weighted by atomic mass is 32.1. The monoisotopic (exact) mass is 465 g/mol. The molecule has 8 heteroatoms. The third-order valence-electron chi connectivity index (χ3n) is 6.83. The summed E-state index contributed by atoms with van der Waals surface area (Å²) in [7, 11) is 0. The third-order valence-corrected chi connectivity index (χ3v) is 7.84. The molecule has 2 aliphatic rings. The molecule has 0 bridgehead atoms. The number of amides is 2. The zero-order valence-electron chi connectivity index (χ0n) is 18.9. The van der Waals surface area contributed by atoms with Crippen LogP contribution in [0, 0.1) is 0 Å². The number of nitrogens with zero attached hydrogens (tertiary/aromatic N) is 3. The molecule has 174 valence electrons. The van der Waals surface area contributed by atoms with Gasteiger partial charge >= 0.3 is 0 Å². The van der Waals surface area contributed by atoms with Crippen molar-refractivity contribution in [3.05, 3.63) is 52.1 Å². The van der Waals surface area contributed by atoms with Gasteiger partial charge in [0, 0.05) is 54.6 Å². The molecule has 0 spiro atoms. The third kappa shape index (κ3) is 5.12. The van der Waals surface area contributed by atoms with E-state index in [1.807, 2.05) is 39.7 Å². The molecule has 2 aromatic heterocycles. The molecule has 33 heavy (non-hydrogen) atoms. The molecule has 2 amide bonds. The molecule has 0 atom stereocenters. The molecule has 0 saturated carbocycles. The molecule has 2 saturated heterocycles. The van der Waals surface area contributed by atoms with E-state index in [1.165, 1.54) is 12.8 Å². The van der Waals surface area contributed by atoms with Crippen molar-refractivity contribution in [3.63, 3.8) is 0 Å². The van der Waals surface area contributed by atoms with Gasteiger partial charge in [0.05, 0.1) is 11.4 Å². The minimum atomic E-state index is -0.106. The van der Waals surface area contributed by atoms with E-state index < -0.39 is 0 Å². The first-order valence-corrected chi connectivity index (χ1v) is 12.9. The standard InChI is InChI=1S/C25H31N5O2S/c31-23(15-19-16-26-21-8-4-3-7-20(19)21)29-13-9-18(10-14-29)25-27-22(17-33-25)24(32)28-30-11-5-1-2-6-12-30/h3-4,7-8,16-18,26H,1-2,5-6,9-15H2,(H,28,32). The molecular formula is C25H31N5O2S. The van der Waals surface area contributed by atoms with Gasteiger partial charge in [-0.1, -0.05) is 31.0 Å². The summed E-state index contributed by atoms with van der Waals surface area (Å²) in [5, 5.41) is 6.04. The van der Waals surface area contributed by atoms with Crippen LogP contribution in [0.1, 0.15) is 65.5 Å². The van der Waals surface area contributed by atoms with Crippen LogP contribution in [-0.4, -0.2) is 57.9 Å². The maximum absolute atomic E-state index is 12.9. The Morgan fingerprint density at radius 2 is 1.82 bits per heavy atom. The van der Waals surface area contributed by atoms with Crippen molar-refractivity contribution in [1.29, 1.82) is 0 Å². The maximum atomic E-state index is 12.9. The van der Waals surface area contributed by atoms with Gasteiger partial charge in [-0.25, -0.2) is 9.99 Å². The first kappa shape index (κ1) is 22.1. The topological polar surface area (TPSA) is 81.3 Å². The van der Waals surface area contributed by atoms with Crippen LogP contribution in [0.3, 0.4) is 0 Å². The van der Waals surface area contributed by atoms with Crippen molar-refractivity contribution in [2.24, 2.45) is 0 Å². The Bertz CT molecular complexity index is 1110.